The van der Waals surface area contributed by atoms with E-state index in [1.807, 2.05) is 12.3 Å². The van der Waals surface area contributed by atoms with Crippen LogP contribution >= 0.6 is 0 Å². The molecule has 0 spiro atoms. The highest BCUT2D eigenvalue weighted by Crippen LogP contribution is 2.33. The van der Waals surface area contributed by atoms with Crippen molar-refractivity contribution in [1.82, 2.24) is 9.97 Å². The van der Waals surface area contributed by atoms with Crippen LogP contribution < -0.4 is 5.32 Å². The number of nitrogens with zero attached hydrogens (tertiary/aromatic N) is 2. The van der Waals surface area contributed by atoms with E-state index in [-0.39, 0.29) is 0 Å². The van der Waals surface area contributed by atoms with Crippen molar-refractivity contribution >= 4 is 5.82 Å². The minimum atomic E-state index is 0.578. The Morgan fingerprint density at radius 2 is 2.06 bits per heavy atom. The van der Waals surface area contributed by atoms with Crippen molar-refractivity contribution in [3.63, 3.8) is 0 Å². The van der Waals surface area contributed by atoms with Gasteiger partial charge in [-0.25, -0.2) is 9.97 Å². The molecular formula is C14H23N3. The van der Waals surface area contributed by atoms with E-state index in [2.05, 4.69) is 29.1 Å². The van der Waals surface area contributed by atoms with Gasteiger partial charge in [0.2, 0.25) is 0 Å². The molecule has 1 aromatic rings. The molecule has 1 aliphatic carbocycles. The van der Waals surface area contributed by atoms with Crippen molar-refractivity contribution in [1.29, 1.82) is 0 Å². The first kappa shape index (κ1) is 12.3. The van der Waals surface area contributed by atoms with E-state index >= 15 is 0 Å². The standard InChI is InChI=1S/C14H23N3/c1-3-9-15-13-8-10-16-14(17-13)12-6-4-11(2)5-7-12/h8,10-12H,3-7,9H2,1-2H3,(H,15,16,17). The molecule has 0 radical (unpaired) electrons. The number of hydrogen-bond donors (Lipinski definition) is 1. The molecule has 0 saturated heterocycles. The molecule has 2 rings (SSSR count). The lowest BCUT2D eigenvalue weighted by Gasteiger charge is -2.25. The number of hydrogen-bond acceptors (Lipinski definition) is 3. The van der Waals surface area contributed by atoms with E-state index in [1.165, 1.54) is 25.7 Å². The zero-order valence-electron chi connectivity index (χ0n) is 10.9. The number of aromatic nitrogens is 2. The van der Waals surface area contributed by atoms with Crippen LogP contribution in [0, 0.1) is 5.92 Å². The highest BCUT2D eigenvalue weighted by atomic mass is 15.0. The molecule has 1 aromatic heterocycles. The summed E-state index contributed by atoms with van der Waals surface area (Å²) in [6.07, 6.45) is 8.15. The average molecular weight is 233 g/mol. The zero-order chi connectivity index (χ0) is 12.1. The Kier molecular flexibility index (Phi) is 4.35. The number of anilines is 1. The maximum atomic E-state index is 4.64. The first-order chi connectivity index (χ1) is 8.29. The molecule has 0 bridgehead atoms. The Bertz CT molecular complexity index is 343. The molecule has 0 unspecified atom stereocenters. The van der Waals surface area contributed by atoms with Gasteiger partial charge in [0.15, 0.2) is 0 Å². The summed E-state index contributed by atoms with van der Waals surface area (Å²) in [5, 5.41) is 3.33. The summed E-state index contributed by atoms with van der Waals surface area (Å²) in [6.45, 7) is 5.49. The van der Waals surface area contributed by atoms with Crippen LogP contribution in [0.1, 0.15) is 57.7 Å². The summed E-state index contributed by atoms with van der Waals surface area (Å²) in [5.41, 5.74) is 0. The summed E-state index contributed by atoms with van der Waals surface area (Å²) in [5.74, 6) is 3.48. The van der Waals surface area contributed by atoms with Crippen LogP contribution in [0.5, 0.6) is 0 Å². The third-order valence-corrected chi connectivity index (χ3v) is 3.61. The average Bonchev–Trinajstić information content (AvgIpc) is 2.37. The molecule has 3 heteroatoms. The van der Waals surface area contributed by atoms with Gasteiger partial charge in [-0.05, 0) is 31.2 Å². The van der Waals surface area contributed by atoms with Crippen LogP contribution in [-0.2, 0) is 0 Å². The Balaban J connectivity index is 2.00. The third-order valence-electron chi connectivity index (χ3n) is 3.61. The van der Waals surface area contributed by atoms with Crippen molar-refractivity contribution in [2.45, 2.75) is 51.9 Å². The van der Waals surface area contributed by atoms with E-state index in [9.17, 15) is 0 Å². The molecule has 0 aliphatic heterocycles. The molecule has 17 heavy (non-hydrogen) atoms. The van der Waals surface area contributed by atoms with E-state index in [4.69, 9.17) is 0 Å². The van der Waals surface area contributed by atoms with Gasteiger partial charge >= 0.3 is 0 Å². The van der Waals surface area contributed by atoms with Crippen LogP contribution in [-0.4, -0.2) is 16.5 Å². The minimum Gasteiger partial charge on any atom is -0.370 e. The second-order valence-corrected chi connectivity index (χ2v) is 5.18. The van der Waals surface area contributed by atoms with Gasteiger partial charge in [0.25, 0.3) is 0 Å². The van der Waals surface area contributed by atoms with Crippen molar-refractivity contribution in [3.8, 4) is 0 Å². The van der Waals surface area contributed by atoms with Crippen LogP contribution in [0.25, 0.3) is 0 Å². The predicted molar refractivity (Wildman–Crippen MR) is 71.2 cm³/mol. The van der Waals surface area contributed by atoms with Crippen molar-refractivity contribution in [2.24, 2.45) is 5.92 Å². The van der Waals surface area contributed by atoms with Crippen molar-refractivity contribution in [3.05, 3.63) is 18.1 Å². The van der Waals surface area contributed by atoms with Crippen LogP contribution in [0.3, 0.4) is 0 Å². The Morgan fingerprint density at radius 3 is 2.76 bits per heavy atom. The fraction of sp³-hybridized carbons (Fsp3) is 0.714. The number of nitrogens with one attached hydrogen (secondary N) is 1. The van der Waals surface area contributed by atoms with E-state index < -0.39 is 0 Å². The zero-order valence-corrected chi connectivity index (χ0v) is 10.9. The van der Waals surface area contributed by atoms with Gasteiger partial charge in [0.1, 0.15) is 11.6 Å². The lowest BCUT2D eigenvalue weighted by atomic mass is 9.82. The smallest absolute Gasteiger partial charge is 0.133 e. The molecule has 0 aromatic carbocycles. The summed E-state index contributed by atoms with van der Waals surface area (Å²) in [6, 6.07) is 1.96. The minimum absolute atomic E-state index is 0.578. The largest absolute Gasteiger partial charge is 0.370 e. The monoisotopic (exact) mass is 233 g/mol. The highest BCUT2D eigenvalue weighted by Gasteiger charge is 2.21. The van der Waals surface area contributed by atoms with Crippen LogP contribution in [0.15, 0.2) is 12.3 Å². The van der Waals surface area contributed by atoms with Crippen molar-refractivity contribution < 1.29 is 0 Å². The Hall–Kier alpha value is -1.12. The van der Waals surface area contributed by atoms with Gasteiger partial charge in [-0.15, -0.1) is 0 Å². The lowest BCUT2D eigenvalue weighted by Crippen LogP contribution is -2.14. The molecule has 0 atom stereocenters. The number of rotatable bonds is 4. The van der Waals surface area contributed by atoms with Gasteiger partial charge in [-0.3, -0.25) is 0 Å². The quantitative estimate of drug-likeness (QED) is 0.863. The van der Waals surface area contributed by atoms with Crippen LogP contribution in [0.2, 0.25) is 0 Å². The Morgan fingerprint density at radius 1 is 1.29 bits per heavy atom. The summed E-state index contributed by atoms with van der Waals surface area (Å²) < 4.78 is 0. The van der Waals surface area contributed by atoms with E-state index in [1.54, 1.807) is 0 Å². The third kappa shape index (κ3) is 3.42. The lowest BCUT2D eigenvalue weighted by molar-refractivity contribution is 0.340. The first-order valence-electron chi connectivity index (χ1n) is 6.86. The fourth-order valence-electron chi connectivity index (χ4n) is 2.44. The van der Waals surface area contributed by atoms with Gasteiger partial charge in [-0.2, -0.15) is 0 Å². The normalized spacial score (nSPS) is 24.6. The summed E-state index contributed by atoms with van der Waals surface area (Å²) >= 11 is 0. The summed E-state index contributed by atoms with van der Waals surface area (Å²) in [7, 11) is 0. The van der Waals surface area contributed by atoms with Crippen molar-refractivity contribution in [2.75, 3.05) is 11.9 Å². The molecule has 3 nitrogen and oxygen atoms in total. The van der Waals surface area contributed by atoms with Gasteiger partial charge in [0.05, 0.1) is 0 Å². The molecule has 1 fully saturated rings. The van der Waals surface area contributed by atoms with Gasteiger partial charge < -0.3 is 5.32 Å². The van der Waals surface area contributed by atoms with E-state index in [0.29, 0.717) is 5.92 Å². The van der Waals surface area contributed by atoms with Gasteiger partial charge in [-0.1, -0.05) is 26.7 Å². The molecular weight excluding hydrogens is 210 g/mol. The molecule has 1 saturated carbocycles. The van der Waals surface area contributed by atoms with Crippen LogP contribution in [0.4, 0.5) is 5.82 Å². The second kappa shape index (κ2) is 5.99. The molecule has 1 heterocycles. The molecule has 1 aliphatic rings. The molecule has 0 amide bonds. The fourth-order valence-corrected chi connectivity index (χ4v) is 2.44. The molecule has 1 N–H and O–H groups in total. The first-order valence-corrected chi connectivity index (χ1v) is 6.86. The Labute approximate surface area is 104 Å². The maximum Gasteiger partial charge on any atom is 0.133 e. The predicted octanol–water partition coefficient (Wildman–Crippen LogP) is 3.59. The highest BCUT2D eigenvalue weighted by molar-refractivity contribution is 5.33. The molecule has 94 valence electrons. The topological polar surface area (TPSA) is 37.8 Å². The SMILES string of the molecule is CCCNc1ccnc(C2CCC(C)CC2)n1. The van der Waals surface area contributed by atoms with E-state index in [0.717, 1.165) is 30.5 Å². The second-order valence-electron chi connectivity index (χ2n) is 5.18. The van der Waals surface area contributed by atoms with Gasteiger partial charge in [0, 0.05) is 18.7 Å². The maximum absolute atomic E-state index is 4.64. The summed E-state index contributed by atoms with van der Waals surface area (Å²) in [4.78, 5) is 9.08.